The monoisotopic (exact) mass is 207 g/mol. The molecule has 0 aliphatic rings. The van der Waals surface area contributed by atoms with Gasteiger partial charge in [0.15, 0.2) is 0 Å². The molecule has 0 aromatic heterocycles. The Kier molecular flexibility index (Phi) is 3.28. The third-order valence-electron chi connectivity index (χ3n) is 1.99. The van der Waals surface area contributed by atoms with Gasteiger partial charge in [0.25, 0.3) is 0 Å². The molecule has 0 bridgehead atoms. The van der Waals surface area contributed by atoms with Gasteiger partial charge in [-0.2, -0.15) is 0 Å². The fraction of sp³-hybridized carbons (Fsp3) is 0.200. The van der Waals surface area contributed by atoms with Crippen LogP contribution in [0, 0.1) is 0 Å². The van der Waals surface area contributed by atoms with Gasteiger partial charge in [-0.25, -0.2) is 0 Å². The standard InChI is InChI=1S/C10H11NO4/c11-7-3-1-6(2-4-7)8(10(14)15)5-9(12)13/h1-4,8H,5,11H2,(H,12,13)(H,14,15)/p-2/t8-/m1/s1. The summed E-state index contributed by atoms with van der Waals surface area (Å²) < 4.78 is 0. The Hall–Kier alpha value is -2.04. The minimum atomic E-state index is -1.44. The second-order valence-corrected chi connectivity index (χ2v) is 3.11. The van der Waals surface area contributed by atoms with Crippen molar-refractivity contribution in [3.8, 4) is 0 Å². The van der Waals surface area contributed by atoms with Crippen molar-refractivity contribution in [2.24, 2.45) is 0 Å². The lowest BCUT2D eigenvalue weighted by molar-refractivity contribution is -0.317. The molecule has 0 amide bonds. The van der Waals surface area contributed by atoms with Gasteiger partial charge in [0.2, 0.25) is 0 Å². The minimum Gasteiger partial charge on any atom is -0.550 e. The second kappa shape index (κ2) is 4.45. The van der Waals surface area contributed by atoms with Crippen LogP contribution >= 0.6 is 0 Å². The number of benzene rings is 1. The zero-order chi connectivity index (χ0) is 11.4. The summed E-state index contributed by atoms with van der Waals surface area (Å²) in [6.07, 6.45) is -0.605. The number of nitrogen functional groups attached to an aromatic ring is 1. The molecule has 0 saturated carbocycles. The Labute approximate surface area is 86.1 Å². The molecule has 5 heteroatoms. The summed E-state index contributed by atoms with van der Waals surface area (Å²) in [5.41, 5.74) is 6.23. The van der Waals surface area contributed by atoms with Crippen molar-refractivity contribution < 1.29 is 19.8 Å². The summed E-state index contributed by atoms with van der Waals surface area (Å²) >= 11 is 0. The van der Waals surface area contributed by atoms with Crippen LogP contribution in [0.15, 0.2) is 24.3 Å². The molecule has 0 saturated heterocycles. The fourth-order valence-electron chi connectivity index (χ4n) is 1.23. The molecule has 2 N–H and O–H groups in total. The van der Waals surface area contributed by atoms with Crippen LogP contribution in [0.4, 0.5) is 5.69 Å². The predicted molar refractivity (Wildman–Crippen MR) is 48.2 cm³/mol. The van der Waals surface area contributed by atoms with Crippen molar-refractivity contribution in [3.05, 3.63) is 29.8 Å². The Morgan fingerprint density at radius 3 is 2.13 bits per heavy atom. The third-order valence-corrected chi connectivity index (χ3v) is 1.99. The number of carboxylic acid groups (broad SMARTS) is 2. The molecule has 1 rings (SSSR count). The van der Waals surface area contributed by atoms with Gasteiger partial charge in [-0.3, -0.25) is 0 Å². The van der Waals surface area contributed by atoms with Crippen LogP contribution in [0.3, 0.4) is 0 Å². The number of hydrogen-bond donors (Lipinski definition) is 1. The maximum atomic E-state index is 10.7. The zero-order valence-electron chi connectivity index (χ0n) is 7.80. The maximum Gasteiger partial charge on any atom is 0.0493 e. The van der Waals surface area contributed by atoms with Gasteiger partial charge >= 0.3 is 0 Å². The smallest absolute Gasteiger partial charge is 0.0493 e. The van der Waals surface area contributed by atoms with Crippen LogP contribution in [0.2, 0.25) is 0 Å². The summed E-state index contributed by atoms with van der Waals surface area (Å²) in [5, 5.41) is 21.0. The van der Waals surface area contributed by atoms with Gasteiger partial charge in [-0.1, -0.05) is 12.1 Å². The zero-order valence-corrected chi connectivity index (χ0v) is 7.80. The summed E-state index contributed by atoms with van der Waals surface area (Å²) in [5.74, 6) is -4.07. The normalized spacial score (nSPS) is 12.0. The number of rotatable bonds is 4. The highest BCUT2D eigenvalue weighted by atomic mass is 16.4. The van der Waals surface area contributed by atoms with Gasteiger partial charge in [-0.15, -0.1) is 0 Å². The highest BCUT2D eigenvalue weighted by molar-refractivity contribution is 5.80. The SMILES string of the molecule is Nc1ccc([C@@H](CC(=O)[O-])C(=O)[O-])cc1. The number of nitrogens with two attached hydrogens (primary N) is 1. The van der Waals surface area contributed by atoms with Gasteiger partial charge in [0.05, 0.1) is 0 Å². The van der Waals surface area contributed by atoms with E-state index < -0.39 is 24.3 Å². The fourth-order valence-corrected chi connectivity index (χ4v) is 1.23. The average Bonchev–Trinajstić information content (AvgIpc) is 2.15. The lowest BCUT2D eigenvalue weighted by atomic mass is 9.96. The number of carbonyl (C=O) groups excluding carboxylic acids is 2. The van der Waals surface area contributed by atoms with E-state index in [1.54, 1.807) is 0 Å². The Morgan fingerprint density at radius 1 is 1.20 bits per heavy atom. The maximum absolute atomic E-state index is 10.7. The molecule has 0 heterocycles. The molecule has 0 unspecified atom stereocenters. The number of anilines is 1. The van der Waals surface area contributed by atoms with Crippen LogP contribution in [-0.2, 0) is 9.59 Å². The lowest BCUT2D eigenvalue weighted by Gasteiger charge is -2.18. The van der Waals surface area contributed by atoms with E-state index in [4.69, 9.17) is 5.73 Å². The van der Waals surface area contributed by atoms with E-state index in [1.165, 1.54) is 24.3 Å². The van der Waals surface area contributed by atoms with E-state index in [0.29, 0.717) is 11.3 Å². The van der Waals surface area contributed by atoms with Crippen LogP contribution in [0.5, 0.6) is 0 Å². The molecule has 1 atom stereocenters. The summed E-state index contributed by atoms with van der Waals surface area (Å²) in [6, 6.07) is 5.92. The number of hydrogen-bond acceptors (Lipinski definition) is 5. The molecule has 0 aliphatic heterocycles. The first kappa shape index (κ1) is 11.0. The first-order valence-corrected chi connectivity index (χ1v) is 4.27. The van der Waals surface area contributed by atoms with E-state index in [0.717, 1.165) is 0 Å². The first-order valence-electron chi connectivity index (χ1n) is 4.27. The minimum absolute atomic E-state index is 0.341. The van der Waals surface area contributed by atoms with E-state index in [-0.39, 0.29) is 0 Å². The molecule has 1 aromatic carbocycles. The van der Waals surface area contributed by atoms with Crippen molar-refractivity contribution in [2.45, 2.75) is 12.3 Å². The summed E-state index contributed by atoms with van der Waals surface area (Å²) in [4.78, 5) is 21.0. The summed E-state index contributed by atoms with van der Waals surface area (Å²) in [7, 11) is 0. The van der Waals surface area contributed by atoms with Crippen LogP contribution in [0.25, 0.3) is 0 Å². The second-order valence-electron chi connectivity index (χ2n) is 3.11. The molecular formula is C10H9NO4-2. The van der Waals surface area contributed by atoms with Crippen LogP contribution < -0.4 is 15.9 Å². The molecule has 1 aromatic rings. The molecule has 80 valence electrons. The van der Waals surface area contributed by atoms with Crippen molar-refractivity contribution >= 4 is 17.6 Å². The highest BCUT2D eigenvalue weighted by Gasteiger charge is 2.12. The third kappa shape index (κ3) is 2.98. The number of aliphatic carboxylic acids is 2. The molecule has 15 heavy (non-hydrogen) atoms. The molecule has 5 nitrogen and oxygen atoms in total. The Morgan fingerprint density at radius 2 is 1.73 bits per heavy atom. The van der Waals surface area contributed by atoms with E-state index in [1.807, 2.05) is 0 Å². The molecule has 0 aliphatic carbocycles. The van der Waals surface area contributed by atoms with Crippen molar-refractivity contribution in [1.82, 2.24) is 0 Å². The molecule has 0 radical (unpaired) electrons. The van der Waals surface area contributed by atoms with E-state index in [9.17, 15) is 19.8 Å². The largest absolute Gasteiger partial charge is 0.550 e. The Balaban J connectivity index is 2.94. The van der Waals surface area contributed by atoms with E-state index in [2.05, 4.69) is 0 Å². The lowest BCUT2D eigenvalue weighted by Crippen LogP contribution is -2.34. The number of carboxylic acids is 2. The van der Waals surface area contributed by atoms with E-state index >= 15 is 0 Å². The van der Waals surface area contributed by atoms with Crippen molar-refractivity contribution in [3.63, 3.8) is 0 Å². The average molecular weight is 207 g/mol. The molecule has 0 spiro atoms. The van der Waals surface area contributed by atoms with Gasteiger partial charge < -0.3 is 25.5 Å². The van der Waals surface area contributed by atoms with Crippen molar-refractivity contribution in [1.29, 1.82) is 0 Å². The first-order chi connectivity index (χ1) is 7.00. The van der Waals surface area contributed by atoms with Gasteiger partial charge in [0, 0.05) is 23.5 Å². The molecule has 0 fully saturated rings. The predicted octanol–water partition coefficient (Wildman–Crippen LogP) is -1.76. The van der Waals surface area contributed by atoms with Crippen LogP contribution in [-0.4, -0.2) is 11.9 Å². The van der Waals surface area contributed by atoms with Gasteiger partial charge in [0.1, 0.15) is 0 Å². The Bertz CT molecular complexity index is 372. The van der Waals surface area contributed by atoms with Crippen LogP contribution in [0.1, 0.15) is 17.9 Å². The highest BCUT2D eigenvalue weighted by Crippen LogP contribution is 2.19. The van der Waals surface area contributed by atoms with Crippen molar-refractivity contribution in [2.75, 3.05) is 5.73 Å². The summed E-state index contributed by atoms with van der Waals surface area (Å²) in [6.45, 7) is 0. The number of carbonyl (C=O) groups is 2. The molecular weight excluding hydrogens is 198 g/mol. The van der Waals surface area contributed by atoms with Gasteiger partial charge in [-0.05, 0) is 24.1 Å². The quantitative estimate of drug-likeness (QED) is 0.589. The topological polar surface area (TPSA) is 106 Å².